The molecule has 0 spiro atoms. The summed E-state index contributed by atoms with van der Waals surface area (Å²) in [5, 5.41) is 18.3. The number of hydrogen-bond donors (Lipinski definition) is 2. The molecule has 1 unspecified atom stereocenters. The summed E-state index contributed by atoms with van der Waals surface area (Å²) in [6, 6.07) is 0.00418. The summed E-state index contributed by atoms with van der Waals surface area (Å²) < 4.78 is 1.13. The van der Waals surface area contributed by atoms with Crippen molar-refractivity contribution in [1.82, 2.24) is 9.80 Å². The second kappa shape index (κ2) is 6.58. The number of nitrogens with zero attached hydrogens (tertiary/aromatic N) is 2. The Hall–Kier alpha value is -1.08. The Labute approximate surface area is 126 Å². The van der Waals surface area contributed by atoms with Gasteiger partial charge < -0.3 is 20.0 Å². The van der Waals surface area contributed by atoms with Crippen LogP contribution in [0.1, 0.15) is 19.3 Å². The molecule has 1 saturated heterocycles. The first-order chi connectivity index (χ1) is 9.49. The molecular formula is C13H19BrN2O4. The van der Waals surface area contributed by atoms with E-state index < -0.39 is 12.1 Å². The molecular weight excluding hydrogens is 328 g/mol. The first kappa shape index (κ1) is 15.3. The number of carbonyl (C=O) groups excluding carboxylic acids is 1. The fourth-order valence-electron chi connectivity index (χ4n) is 2.63. The third kappa shape index (κ3) is 3.52. The van der Waals surface area contributed by atoms with Crippen LogP contribution in [0.25, 0.3) is 0 Å². The number of urea groups is 1. The number of aliphatic hydroxyl groups is 1. The molecule has 2 N–H and O–H groups in total. The zero-order chi connectivity index (χ0) is 14.7. The lowest BCUT2D eigenvalue weighted by Crippen LogP contribution is -2.49. The summed E-state index contributed by atoms with van der Waals surface area (Å²) in [7, 11) is 0. The van der Waals surface area contributed by atoms with E-state index in [0.29, 0.717) is 39.0 Å². The Kier molecular flexibility index (Phi) is 5.04. The minimum Gasteiger partial charge on any atom is -0.479 e. The highest BCUT2D eigenvalue weighted by Gasteiger charge is 2.32. The van der Waals surface area contributed by atoms with Crippen LogP contribution in [0, 0.1) is 5.92 Å². The van der Waals surface area contributed by atoms with Crippen LogP contribution in [0.4, 0.5) is 4.79 Å². The smallest absolute Gasteiger partial charge is 0.332 e. The van der Waals surface area contributed by atoms with Crippen molar-refractivity contribution in [1.29, 1.82) is 0 Å². The zero-order valence-corrected chi connectivity index (χ0v) is 12.8. The van der Waals surface area contributed by atoms with Gasteiger partial charge in [-0.25, -0.2) is 9.59 Å². The molecule has 0 radical (unpaired) electrons. The molecule has 0 aromatic carbocycles. The van der Waals surface area contributed by atoms with Crippen LogP contribution in [-0.2, 0) is 4.79 Å². The zero-order valence-electron chi connectivity index (χ0n) is 11.2. The number of piperidine rings is 1. The van der Waals surface area contributed by atoms with Gasteiger partial charge in [0.15, 0.2) is 6.10 Å². The third-order valence-corrected chi connectivity index (χ3v) is 4.65. The lowest BCUT2D eigenvalue weighted by Gasteiger charge is -2.37. The standard InChI is InChI=1S/C13H19BrN2O4/c14-10-3-7-16(8-4-10)13(20)15-5-1-9(2-6-15)11(17)12(18)19/h3,9,11,17H,1-2,4-8H2,(H,18,19). The third-order valence-electron chi connectivity index (χ3n) is 3.93. The van der Waals surface area contributed by atoms with Gasteiger partial charge in [-0.05, 0) is 29.7 Å². The summed E-state index contributed by atoms with van der Waals surface area (Å²) in [5.41, 5.74) is 0. The van der Waals surface area contributed by atoms with E-state index in [1.807, 2.05) is 6.08 Å². The van der Waals surface area contributed by atoms with Crippen LogP contribution in [0.2, 0.25) is 0 Å². The van der Waals surface area contributed by atoms with Crippen molar-refractivity contribution in [3.63, 3.8) is 0 Å². The van der Waals surface area contributed by atoms with Gasteiger partial charge in [0.2, 0.25) is 0 Å². The number of amides is 2. The van der Waals surface area contributed by atoms with Gasteiger partial charge in [0, 0.05) is 26.2 Å². The van der Waals surface area contributed by atoms with Crippen molar-refractivity contribution in [3.05, 3.63) is 10.6 Å². The van der Waals surface area contributed by atoms with E-state index in [-0.39, 0.29) is 11.9 Å². The Bertz CT molecular complexity index is 419. The van der Waals surface area contributed by atoms with Crippen molar-refractivity contribution >= 4 is 27.9 Å². The molecule has 2 aliphatic heterocycles. The van der Waals surface area contributed by atoms with Crippen molar-refractivity contribution in [2.45, 2.75) is 25.4 Å². The highest BCUT2D eigenvalue weighted by Crippen LogP contribution is 2.23. The van der Waals surface area contributed by atoms with Gasteiger partial charge in [0.25, 0.3) is 0 Å². The minimum absolute atomic E-state index is 0.00418. The summed E-state index contributed by atoms with van der Waals surface area (Å²) in [5.74, 6) is -1.44. The molecule has 0 aromatic rings. The van der Waals surface area contributed by atoms with E-state index in [1.165, 1.54) is 0 Å². The monoisotopic (exact) mass is 346 g/mol. The van der Waals surface area contributed by atoms with Gasteiger partial charge in [0.05, 0.1) is 0 Å². The highest BCUT2D eigenvalue weighted by molar-refractivity contribution is 9.11. The van der Waals surface area contributed by atoms with Crippen molar-refractivity contribution in [2.75, 3.05) is 26.2 Å². The van der Waals surface area contributed by atoms with E-state index in [1.54, 1.807) is 9.80 Å². The minimum atomic E-state index is -1.32. The molecule has 20 heavy (non-hydrogen) atoms. The van der Waals surface area contributed by atoms with Gasteiger partial charge >= 0.3 is 12.0 Å². The van der Waals surface area contributed by atoms with E-state index >= 15 is 0 Å². The number of aliphatic hydroxyl groups excluding tert-OH is 1. The topological polar surface area (TPSA) is 81.1 Å². The second-order valence-electron chi connectivity index (χ2n) is 5.24. The van der Waals surface area contributed by atoms with Gasteiger partial charge in [0.1, 0.15) is 0 Å². The second-order valence-corrected chi connectivity index (χ2v) is 6.26. The number of aliphatic carboxylic acids is 1. The SMILES string of the molecule is O=C(O)C(O)C1CCN(C(=O)N2CC=C(Br)CC2)CC1. The van der Waals surface area contributed by atoms with Gasteiger partial charge in [-0.15, -0.1) is 0 Å². The van der Waals surface area contributed by atoms with Gasteiger partial charge in [-0.1, -0.05) is 22.0 Å². The molecule has 0 bridgehead atoms. The molecule has 2 aliphatic rings. The van der Waals surface area contributed by atoms with Crippen LogP contribution in [0.3, 0.4) is 0 Å². The first-order valence-electron chi connectivity index (χ1n) is 6.78. The molecule has 2 rings (SSSR count). The lowest BCUT2D eigenvalue weighted by molar-refractivity contribution is -0.150. The maximum Gasteiger partial charge on any atom is 0.332 e. The molecule has 0 aliphatic carbocycles. The average Bonchev–Trinajstić information content (AvgIpc) is 2.46. The number of likely N-dealkylation sites (tertiary alicyclic amines) is 1. The number of halogens is 1. The van der Waals surface area contributed by atoms with Crippen molar-refractivity contribution < 1.29 is 19.8 Å². The van der Waals surface area contributed by atoms with Crippen LogP contribution in [0.15, 0.2) is 10.6 Å². The molecule has 7 heteroatoms. The Morgan fingerprint density at radius 2 is 1.90 bits per heavy atom. The van der Waals surface area contributed by atoms with Crippen LogP contribution >= 0.6 is 15.9 Å². The van der Waals surface area contributed by atoms with Crippen LogP contribution in [0.5, 0.6) is 0 Å². The van der Waals surface area contributed by atoms with E-state index in [9.17, 15) is 14.7 Å². The molecule has 2 heterocycles. The molecule has 6 nitrogen and oxygen atoms in total. The molecule has 0 saturated carbocycles. The van der Waals surface area contributed by atoms with Crippen molar-refractivity contribution in [2.24, 2.45) is 5.92 Å². The average molecular weight is 347 g/mol. The quantitative estimate of drug-likeness (QED) is 0.788. The predicted molar refractivity (Wildman–Crippen MR) is 76.5 cm³/mol. The number of carboxylic acid groups (broad SMARTS) is 1. The predicted octanol–water partition coefficient (Wildman–Crippen LogP) is 1.25. The molecule has 1 atom stereocenters. The largest absolute Gasteiger partial charge is 0.479 e. The van der Waals surface area contributed by atoms with E-state index in [4.69, 9.17) is 5.11 Å². The number of carboxylic acids is 1. The van der Waals surface area contributed by atoms with Crippen molar-refractivity contribution in [3.8, 4) is 0 Å². The maximum absolute atomic E-state index is 12.3. The Morgan fingerprint density at radius 1 is 1.25 bits per heavy atom. The summed E-state index contributed by atoms with van der Waals surface area (Å²) in [4.78, 5) is 26.6. The Morgan fingerprint density at radius 3 is 2.40 bits per heavy atom. The summed E-state index contributed by atoms with van der Waals surface area (Å²) in [6.07, 6.45) is 2.57. The first-order valence-corrected chi connectivity index (χ1v) is 7.57. The summed E-state index contributed by atoms with van der Waals surface area (Å²) >= 11 is 3.42. The maximum atomic E-state index is 12.3. The molecule has 2 amide bonds. The number of carbonyl (C=O) groups is 2. The van der Waals surface area contributed by atoms with E-state index in [2.05, 4.69) is 15.9 Å². The molecule has 1 fully saturated rings. The van der Waals surface area contributed by atoms with Crippen LogP contribution < -0.4 is 0 Å². The molecule has 0 aromatic heterocycles. The number of hydrogen-bond acceptors (Lipinski definition) is 3. The van der Waals surface area contributed by atoms with E-state index in [0.717, 1.165) is 10.9 Å². The Balaban J connectivity index is 1.84. The fraction of sp³-hybridized carbons (Fsp3) is 0.692. The normalized spacial score (nSPS) is 22.4. The van der Waals surface area contributed by atoms with Gasteiger partial charge in [-0.2, -0.15) is 0 Å². The highest BCUT2D eigenvalue weighted by atomic mass is 79.9. The fourth-order valence-corrected chi connectivity index (χ4v) is 2.95. The van der Waals surface area contributed by atoms with Gasteiger partial charge in [-0.3, -0.25) is 0 Å². The van der Waals surface area contributed by atoms with Crippen LogP contribution in [-0.4, -0.2) is 64.3 Å². The lowest BCUT2D eigenvalue weighted by atomic mass is 9.91. The number of rotatable bonds is 2. The summed E-state index contributed by atoms with van der Waals surface area (Å²) in [6.45, 7) is 2.33. The molecule has 112 valence electrons.